The summed E-state index contributed by atoms with van der Waals surface area (Å²) < 4.78 is 0. The number of hydrogen-bond acceptors (Lipinski definition) is 3. The zero-order valence-electron chi connectivity index (χ0n) is 14.0. The van der Waals surface area contributed by atoms with Crippen molar-refractivity contribution in [2.24, 2.45) is 0 Å². The van der Waals surface area contributed by atoms with E-state index in [1.165, 1.54) is 16.7 Å². The van der Waals surface area contributed by atoms with Crippen molar-refractivity contribution in [1.82, 2.24) is 10.3 Å². The van der Waals surface area contributed by atoms with E-state index in [1.807, 2.05) is 13.2 Å². The Hall–Kier alpha value is -2.65. The first-order valence-electron chi connectivity index (χ1n) is 8.27. The molecule has 1 aromatic heterocycles. The molecule has 0 fully saturated rings. The van der Waals surface area contributed by atoms with Crippen molar-refractivity contribution in [1.29, 1.82) is 0 Å². The topological polar surface area (TPSA) is 28.2 Å². The van der Waals surface area contributed by atoms with Gasteiger partial charge in [-0.1, -0.05) is 60.7 Å². The molecule has 3 heteroatoms. The lowest BCUT2D eigenvalue weighted by atomic mass is 10.1. The number of benzene rings is 2. The summed E-state index contributed by atoms with van der Waals surface area (Å²) >= 11 is 0. The van der Waals surface area contributed by atoms with Crippen LogP contribution >= 0.6 is 0 Å². The van der Waals surface area contributed by atoms with Gasteiger partial charge in [-0.15, -0.1) is 0 Å². The van der Waals surface area contributed by atoms with E-state index >= 15 is 0 Å². The van der Waals surface area contributed by atoms with E-state index in [9.17, 15) is 0 Å². The van der Waals surface area contributed by atoms with E-state index < -0.39 is 0 Å². The molecule has 0 saturated heterocycles. The normalized spacial score (nSPS) is 10.5. The summed E-state index contributed by atoms with van der Waals surface area (Å²) in [6.07, 6.45) is 1.89. The zero-order valence-corrected chi connectivity index (χ0v) is 14.0. The quantitative estimate of drug-likeness (QED) is 0.714. The summed E-state index contributed by atoms with van der Waals surface area (Å²) in [6, 6.07) is 25.3. The van der Waals surface area contributed by atoms with Gasteiger partial charge in [-0.2, -0.15) is 0 Å². The summed E-state index contributed by atoms with van der Waals surface area (Å²) in [6.45, 7) is 2.53. The summed E-state index contributed by atoms with van der Waals surface area (Å²) in [4.78, 5) is 6.94. The number of nitrogens with one attached hydrogen (secondary N) is 1. The molecule has 1 heterocycles. The Kier molecular flexibility index (Phi) is 5.59. The van der Waals surface area contributed by atoms with Crippen LogP contribution in [0.5, 0.6) is 0 Å². The molecule has 122 valence electrons. The number of pyridine rings is 1. The lowest BCUT2D eigenvalue weighted by Gasteiger charge is -2.24. The van der Waals surface area contributed by atoms with E-state index in [4.69, 9.17) is 0 Å². The van der Waals surface area contributed by atoms with Crippen molar-refractivity contribution in [2.75, 3.05) is 11.9 Å². The first kappa shape index (κ1) is 16.2. The molecule has 0 radical (unpaired) electrons. The molecule has 3 aromatic rings. The number of anilines is 1. The summed E-state index contributed by atoms with van der Waals surface area (Å²) in [7, 11) is 1.96. The average Bonchev–Trinajstić information content (AvgIpc) is 2.63. The lowest BCUT2D eigenvalue weighted by Crippen LogP contribution is -2.23. The summed E-state index contributed by atoms with van der Waals surface area (Å²) in [5.41, 5.74) is 3.82. The van der Waals surface area contributed by atoms with E-state index in [-0.39, 0.29) is 0 Å². The predicted octanol–water partition coefficient (Wildman–Crippen LogP) is 4.01. The maximum Gasteiger partial charge on any atom is 0.129 e. The highest BCUT2D eigenvalue weighted by Gasteiger charge is 2.10. The fourth-order valence-corrected chi connectivity index (χ4v) is 2.77. The van der Waals surface area contributed by atoms with E-state index in [0.29, 0.717) is 0 Å². The molecule has 3 rings (SSSR count). The molecule has 0 aliphatic heterocycles. The third-order valence-corrected chi connectivity index (χ3v) is 3.95. The Morgan fingerprint density at radius 2 is 1.38 bits per heavy atom. The van der Waals surface area contributed by atoms with E-state index in [0.717, 1.165) is 25.5 Å². The van der Waals surface area contributed by atoms with Crippen LogP contribution in [-0.2, 0) is 19.6 Å². The van der Waals surface area contributed by atoms with Crippen LogP contribution in [0.1, 0.15) is 16.7 Å². The van der Waals surface area contributed by atoms with Gasteiger partial charge >= 0.3 is 0 Å². The highest BCUT2D eigenvalue weighted by atomic mass is 15.2. The Morgan fingerprint density at radius 1 is 0.792 bits per heavy atom. The second kappa shape index (κ2) is 8.27. The largest absolute Gasteiger partial charge is 0.348 e. The fourth-order valence-electron chi connectivity index (χ4n) is 2.77. The molecule has 0 saturated carbocycles. The minimum Gasteiger partial charge on any atom is -0.348 e. The Bertz CT molecular complexity index is 700. The lowest BCUT2D eigenvalue weighted by molar-refractivity contribution is 0.774. The average molecular weight is 317 g/mol. The van der Waals surface area contributed by atoms with Crippen molar-refractivity contribution >= 4 is 5.82 Å². The molecular formula is C21H23N3. The van der Waals surface area contributed by atoms with Gasteiger partial charge < -0.3 is 10.2 Å². The number of nitrogens with zero attached hydrogens (tertiary/aromatic N) is 2. The molecule has 0 aliphatic rings. The summed E-state index contributed by atoms with van der Waals surface area (Å²) in [5.74, 6) is 1.01. The molecule has 0 atom stereocenters. The Morgan fingerprint density at radius 3 is 1.92 bits per heavy atom. The third-order valence-electron chi connectivity index (χ3n) is 3.95. The van der Waals surface area contributed by atoms with Crippen molar-refractivity contribution in [2.45, 2.75) is 19.6 Å². The number of rotatable bonds is 7. The Balaban J connectivity index is 1.87. The standard InChI is InChI=1S/C21H23N3/c1-22-15-20-12-13-23-21(14-20)24(16-18-8-4-2-5-9-18)17-19-10-6-3-7-11-19/h2-14,22H,15-17H2,1H3. The zero-order chi connectivity index (χ0) is 16.6. The second-order valence-corrected chi connectivity index (χ2v) is 5.88. The predicted molar refractivity (Wildman–Crippen MR) is 99.8 cm³/mol. The van der Waals surface area contributed by atoms with Gasteiger partial charge in [0.15, 0.2) is 0 Å². The van der Waals surface area contributed by atoms with Crippen molar-refractivity contribution in [3.05, 3.63) is 95.7 Å². The molecule has 3 nitrogen and oxygen atoms in total. The van der Waals surface area contributed by atoms with Crippen LogP contribution in [0.4, 0.5) is 5.82 Å². The number of aromatic nitrogens is 1. The van der Waals surface area contributed by atoms with Crippen LogP contribution in [-0.4, -0.2) is 12.0 Å². The molecule has 24 heavy (non-hydrogen) atoms. The fraction of sp³-hybridized carbons (Fsp3) is 0.190. The van der Waals surface area contributed by atoms with Crippen LogP contribution in [0, 0.1) is 0 Å². The van der Waals surface area contributed by atoms with Crippen LogP contribution in [0.15, 0.2) is 79.0 Å². The molecule has 0 aliphatic carbocycles. The minimum atomic E-state index is 0.839. The molecule has 0 bridgehead atoms. The smallest absolute Gasteiger partial charge is 0.129 e. The van der Waals surface area contributed by atoms with Crippen LogP contribution in [0.3, 0.4) is 0 Å². The first-order chi connectivity index (χ1) is 11.8. The molecule has 0 spiro atoms. The third kappa shape index (κ3) is 4.43. The van der Waals surface area contributed by atoms with E-state index in [2.05, 4.69) is 88.0 Å². The van der Waals surface area contributed by atoms with Gasteiger partial charge in [-0.05, 0) is 35.9 Å². The van der Waals surface area contributed by atoms with Crippen molar-refractivity contribution in [3.8, 4) is 0 Å². The molecule has 1 N–H and O–H groups in total. The van der Waals surface area contributed by atoms with Crippen LogP contribution in [0.2, 0.25) is 0 Å². The number of hydrogen-bond donors (Lipinski definition) is 1. The van der Waals surface area contributed by atoms with Crippen molar-refractivity contribution in [3.63, 3.8) is 0 Å². The molecular weight excluding hydrogens is 294 g/mol. The van der Waals surface area contributed by atoms with Gasteiger partial charge in [0, 0.05) is 25.8 Å². The van der Waals surface area contributed by atoms with Gasteiger partial charge in [0.05, 0.1) is 0 Å². The van der Waals surface area contributed by atoms with Gasteiger partial charge in [0.25, 0.3) is 0 Å². The maximum absolute atomic E-state index is 4.61. The van der Waals surface area contributed by atoms with Crippen LogP contribution in [0.25, 0.3) is 0 Å². The highest BCUT2D eigenvalue weighted by Crippen LogP contribution is 2.19. The van der Waals surface area contributed by atoms with Gasteiger partial charge in [0.1, 0.15) is 5.82 Å². The van der Waals surface area contributed by atoms with Crippen LogP contribution < -0.4 is 10.2 Å². The first-order valence-corrected chi connectivity index (χ1v) is 8.27. The Labute approximate surface area is 144 Å². The van der Waals surface area contributed by atoms with Crippen molar-refractivity contribution < 1.29 is 0 Å². The highest BCUT2D eigenvalue weighted by molar-refractivity contribution is 5.43. The monoisotopic (exact) mass is 317 g/mol. The molecule has 0 amide bonds. The summed E-state index contributed by atoms with van der Waals surface area (Å²) in [5, 5.41) is 3.20. The molecule has 0 unspecified atom stereocenters. The van der Waals surface area contributed by atoms with Gasteiger partial charge in [-0.25, -0.2) is 4.98 Å². The van der Waals surface area contributed by atoms with Gasteiger partial charge in [0.2, 0.25) is 0 Å². The van der Waals surface area contributed by atoms with Gasteiger partial charge in [-0.3, -0.25) is 0 Å². The molecule has 2 aromatic carbocycles. The SMILES string of the molecule is CNCc1ccnc(N(Cc2ccccc2)Cc2ccccc2)c1. The maximum atomic E-state index is 4.61. The minimum absolute atomic E-state index is 0.839. The second-order valence-electron chi connectivity index (χ2n) is 5.88. The van der Waals surface area contributed by atoms with E-state index in [1.54, 1.807) is 0 Å².